The van der Waals surface area contributed by atoms with E-state index < -0.39 is 11.9 Å². The quantitative estimate of drug-likeness (QED) is 0.170. The molecule has 0 aliphatic heterocycles. The first kappa shape index (κ1) is 28.3. The Bertz CT molecular complexity index is 1580. The summed E-state index contributed by atoms with van der Waals surface area (Å²) in [5.74, 6) is -1.37. The van der Waals surface area contributed by atoms with E-state index in [0.717, 1.165) is 46.2 Å². The van der Waals surface area contributed by atoms with Gasteiger partial charge in [0.2, 0.25) is 0 Å². The smallest absolute Gasteiger partial charge is 0.338 e. The van der Waals surface area contributed by atoms with Crippen LogP contribution in [0.5, 0.6) is 11.5 Å². The van der Waals surface area contributed by atoms with Crippen molar-refractivity contribution in [3.05, 3.63) is 108 Å². The number of carbonyl (C=O) groups is 3. The molecule has 0 aromatic heterocycles. The van der Waals surface area contributed by atoms with Crippen LogP contribution in [0, 0.1) is 6.92 Å². The van der Waals surface area contributed by atoms with Gasteiger partial charge in [0, 0.05) is 16.7 Å². The van der Waals surface area contributed by atoms with Crippen LogP contribution in [-0.4, -0.2) is 17.9 Å². The maximum Gasteiger partial charge on any atom is 0.338 e. The van der Waals surface area contributed by atoms with Gasteiger partial charge in [0.15, 0.2) is 11.5 Å². The van der Waals surface area contributed by atoms with Gasteiger partial charge in [-0.1, -0.05) is 62.2 Å². The predicted molar refractivity (Wildman–Crippen MR) is 155 cm³/mol. The van der Waals surface area contributed by atoms with E-state index >= 15 is 0 Å². The monoisotopic (exact) mass is 536 g/mol. The van der Waals surface area contributed by atoms with Crippen molar-refractivity contribution in [3.63, 3.8) is 0 Å². The van der Waals surface area contributed by atoms with E-state index in [0.29, 0.717) is 5.57 Å². The standard InChI is InChI=1S/C34H32O6/c1-19(2)32(35)38-29-14-10-25-17-24(9-13-28(25)29)23-8-12-27(22(7)16-23)26-11-15-30(39-33(36)20(3)4)31(18-26)40-34(37)21(5)6/h8-9,11-13,15-18,29H,1,3,5,10,14H2,2,4,6-7H3. The highest BCUT2D eigenvalue weighted by molar-refractivity contribution is 5.91. The molecule has 0 heterocycles. The molecule has 0 amide bonds. The fraction of sp³-hybridized carbons (Fsp3) is 0.206. The molecule has 6 heteroatoms. The highest BCUT2D eigenvalue weighted by Gasteiger charge is 2.26. The second kappa shape index (κ2) is 11.6. The molecule has 0 fully saturated rings. The lowest BCUT2D eigenvalue weighted by Crippen LogP contribution is -2.12. The molecule has 1 aliphatic carbocycles. The number of carbonyl (C=O) groups excluding carboxylic acids is 3. The van der Waals surface area contributed by atoms with Crippen LogP contribution in [0.4, 0.5) is 0 Å². The minimum absolute atomic E-state index is 0.115. The summed E-state index contributed by atoms with van der Waals surface area (Å²) in [6, 6.07) is 17.4. The zero-order valence-corrected chi connectivity index (χ0v) is 23.3. The van der Waals surface area contributed by atoms with Gasteiger partial charge in [0.1, 0.15) is 6.10 Å². The number of hydrogen-bond donors (Lipinski definition) is 0. The predicted octanol–water partition coefficient (Wildman–Crippen LogP) is 7.40. The molecule has 0 bridgehead atoms. The summed E-state index contributed by atoms with van der Waals surface area (Å²) in [7, 11) is 0. The molecule has 0 spiro atoms. The molecule has 6 nitrogen and oxygen atoms in total. The van der Waals surface area contributed by atoms with E-state index in [1.165, 1.54) is 5.56 Å². The van der Waals surface area contributed by atoms with Crippen molar-refractivity contribution in [2.75, 3.05) is 0 Å². The number of ether oxygens (including phenoxy) is 3. The Hall–Kier alpha value is -4.71. The lowest BCUT2D eigenvalue weighted by atomic mass is 9.94. The number of benzene rings is 3. The van der Waals surface area contributed by atoms with E-state index in [1.54, 1.807) is 32.9 Å². The van der Waals surface area contributed by atoms with Gasteiger partial charge in [-0.05, 0) is 91.6 Å². The summed E-state index contributed by atoms with van der Waals surface area (Å²) < 4.78 is 16.5. The first-order valence-corrected chi connectivity index (χ1v) is 12.9. The SMILES string of the molecule is C=C(C)C(=O)Oc1ccc(-c2ccc(-c3ccc4c(c3)CCC4OC(=O)C(=C)C)cc2C)cc1OC(=O)C(=C)C. The number of hydrogen-bond acceptors (Lipinski definition) is 6. The molecule has 3 aromatic rings. The van der Waals surface area contributed by atoms with Gasteiger partial charge in [-0.25, -0.2) is 14.4 Å². The van der Waals surface area contributed by atoms with E-state index in [4.69, 9.17) is 14.2 Å². The average molecular weight is 537 g/mol. The largest absolute Gasteiger partial charge is 0.454 e. The van der Waals surface area contributed by atoms with Crippen molar-refractivity contribution >= 4 is 17.9 Å². The minimum Gasteiger partial charge on any atom is -0.454 e. The first-order valence-electron chi connectivity index (χ1n) is 12.9. The van der Waals surface area contributed by atoms with Crippen LogP contribution in [0.15, 0.2) is 91.1 Å². The third-order valence-electron chi connectivity index (χ3n) is 6.68. The highest BCUT2D eigenvalue weighted by atomic mass is 16.6. The molecule has 1 atom stereocenters. The van der Waals surface area contributed by atoms with Crippen LogP contribution in [0.3, 0.4) is 0 Å². The number of esters is 3. The van der Waals surface area contributed by atoms with Crippen LogP contribution < -0.4 is 9.47 Å². The first-order chi connectivity index (χ1) is 18.9. The minimum atomic E-state index is -0.620. The van der Waals surface area contributed by atoms with Crippen LogP contribution >= 0.6 is 0 Å². The van der Waals surface area contributed by atoms with Crippen LogP contribution in [-0.2, 0) is 25.5 Å². The molecule has 1 unspecified atom stereocenters. The molecule has 4 rings (SSSR count). The summed E-state index contributed by atoms with van der Waals surface area (Å²) in [5.41, 5.74) is 7.89. The van der Waals surface area contributed by atoms with Gasteiger partial charge in [0.25, 0.3) is 0 Å². The summed E-state index contributed by atoms with van der Waals surface area (Å²) in [4.78, 5) is 36.4. The third kappa shape index (κ3) is 6.12. The second-order valence-electron chi connectivity index (χ2n) is 10.2. The van der Waals surface area contributed by atoms with Gasteiger partial charge >= 0.3 is 17.9 Å². The van der Waals surface area contributed by atoms with Crippen molar-refractivity contribution in [2.24, 2.45) is 0 Å². The van der Waals surface area contributed by atoms with E-state index in [2.05, 4.69) is 31.9 Å². The Morgan fingerprint density at radius 1 is 0.700 bits per heavy atom. The third-order valence-corrected chi connectivity index (χ3v) is 6.68. The Morgan fingerprint density at radius 3 is 1.90 bits per heavy atom. The zero-order valence-electron chi connectivity index (χ0n) is 23.3. The molecule has 40 heavy (non-hydrogen) atoms. The van der Waals surface area contributed by atoms with Gasteiger partial charge in [-0.3, -0.25) is 0 Å². The topological polar surface area (TPSA) is 78.9 Å². The van der Waals surface area contributed by atoms with Crippen LogP contribution in [0.1, 0.15) is 50.0 Å². The van der Waals surface area contributed by atoms with E-state index in [1.807, 2.05) is 37.3 Å². The lowest BCUT2D eigenvalue weighted by molar-refractivity contribution is -0.144. The van der Waals surface area contributed by atoms with Crippen LogP contribution in [0.2, 0.25) is 0 Å². The fourth-order valence-electron chi connectivity index (χ4n) is 4.49. The molecule has 204 valence electrons. The number of fused-ring (bicyclic) bond motifs is 1. The van der Waals surface area contributed by atoms with Crippen molar-refractivity contribution < 1.29 is 28.6 Å². The van der Waals surface area contributed by atoms with Crippen molar-refractivity contribution in [2.45, 2.75) is 46.6 Å². The Morgan fingerprint density at radius 2 is 1.27 bits per heavy atom. The molecular weight excluding hydrogens is 504 g/mol. The Kier molecular flexibility index (Phi) is 8.19. The van der Waals surface area contributed by atoms with Crippen LogP contribution in [0.25, 0.3) is 22.3 Å². The van der Waals surface area contributed by atoms with Gasteiger partial charge in [0.05, 0.1) is 0 Å². The molecule has 0 saturated carbocycles. The van der Waals surface area contributed by atoms with Crippen molar-refractivity contribution in [1.82, 2.24) is 0 Å². The van der Waals surface area contributed by atoms with Crippen molar-refractivity contribution in [1.29, 1.82) is 0 Å². The highest BCUT2D eigenvalue weighted by Crippen LogP contribution is 2.39. The molecule has 1 aliphatic rings. The van der Waals surface area contributed by atoms with E-state index in [-0.39, 0.29) is 34.7 Å². The average Bonchev–Trinajstić information content (AvgIpc) is 3.31. The zero-order chi connectivity index (χ0) is 29.1. The number of rotatable bonds is 8. The normalized spacial score (nSPS) is 13.7. The maximum absolute atomic E-state index is 12.3. The summed E-state index contributed by atoms with van der Waals surface area (Å²) in [6.45, 7) is 17.6. The van der Waals surface area contributed by atoms with Gasteiger partial charge in [-0.2, -0.15) is 0 Å². The maximum atomic E-state index is 12.3. The van der Waals surface area contributed by atoms with E-state index in [9.17, 15) is 14.4 Å². The Labute approximate surface area is 234 Å². The summed E-state index contributed by atoms with van der Waals surface area (Å²) in [6.07, 6.45) is 1.34. The Balaban J connectivity index is 1.62. The molecule has 0 saturated heterocycles. The lowest BCUT2D eigenvalue weighted by Gasteiger charge is -2.15. The van der Waals surface area contributed by atoms with Crippen molar-refractivity contribution in [3.8, 4) is 33.8 Å². The molecule has 0 N–H and O–H groups in total. The second-order valence-corrected chi connectivity index (χ2v) is 10.2. The molecule has 0 radical (unpaired) electrons. The fourth-order valence-corrected chi connectivity index (χ4v) is 4.49. The van der Waals surface area contributed by atoms with Gasteiger partial charge < -0.3 is 14.2 Å². The summed E-state index contributed by atoms with van der Waals surface area (Å²) in [5, 5.41) is 0. The van der Waals surface area contributed by atoms with Gasteiger partial charge in [-0.15, -0.1) is 0 Å². The molecular formula is C34H32O6. The molecule has 3 aromatic carbocycles. The number of aryl methyl sites for hydroxylation is 2. The summed E-state index contributed by atoms with van der Waals surface area (Å²) >= 11 is 0.